The van der Waals surface area contributed by atoms with E-state index in [1.165, 1.54) is 19.6 Å². The predicted molar refractivity (Wildman–Crippen MR) is 151 cm³/mol. The molecular weight excluding hydrogens is 524 g/mol. The van der Waals surface area contributed by atoms with Gasteiger partial charge < -0.3 is 24.8 Å². The first-order chi connectivity index (χ1) is 19.0. The summed E-state index contributed by atoms with van der Waals surface area (Å²) in [6, 6.07) is 0. The van der Waals surface area contributed by atoms with Gasteiger partial charge in [-0.25, -0.2) is 0 Å². The van der Waals surface area contributed by atoms with Gasteiger partial charge in [0.2, 0.25) is 0 Å². The number of methoxy groups -OCH3 is 1. The molecule has 4 saturated carbocycles. The highest BCUT2D eigenvalue weighted by Crippen LogP contribution is 2.76. The van der Waals surface area contributed by atoms with Gasteiger partial charge in [0.15, 0.2) is 0 Å². The van der Waals surface area contributed by atoms with E-state index in [9.17, 15) is 29.7 Å². The summed E-state index contributed by atoms with van der Waals surface area (Å²) in [6.45, 7) is 12.0. The standard InChI is InChI=1S/C33H50O8/c1-19(35)41-25-22(36)17-29(3)23(30(25,4)18-34)10-11-32(6)24(29)9-8-20-21-16-28(2,27(39)40-7)12-14-33(21,26(37)38)15-13-31(20,32)5/h8,21-25,34,36H,9-18H2,1-7H3,(H,37,38)/t21-,22-,23+,24+,25-,28-,29-,30-,31+,32+,33-/m0/s1. The van der Waals surface area contributed by atoms with Crippen molar-refractivity contribution in [2.24, 2.45) is 50.2 Å². The highest BCUT2D eigenvalue weighted by molar-refractivity contribution is 5.80. The first kappa shape index (κ1) is 30.5. The minimum Gasteiger partial charge on any atom is -0.481 e. The van der Waals surface area contributed by atoms with Crippen molar-refractivity contribution >= 4 is 17.9 Å². The summed E-state index contributed by atoms with van der Waals surface area (Å²) in [4.78, 5) is 37.9. The van der Waals surface area contributed by atoms with Crippen molar-refractivity contribution in [2.75, 3.05) is 13.7 Å². The van der Waals surface area contributed by atoms with E-state index >= 15 is 0 Å². The van der Waals surface area contributed by atoms with Crippen LogP contribution in [0.1, 0.15) is 99.3 Å². The maximum absolute atomic E-state index is 13.0. The smallest absolute Gasteiger partial charge is 0.311 e. The summed E-state index contributed by atoms with van der Waals surface area (Å²) in [7, 11) is 1.41. The second-order valence-electron chi connectivity index (χ2n) is 15.5. The van der Waals surface area contributed by atoms with Crippen LogP contribution in [0, 0.1) is 50.2 Å². The molecule has 0 saturated heterocycles. The van der Waals surface area contributed by atoms with Crippen LogP contribution in [0.25, 0.3) is 0 Å². The number of esters is 2. The van der Waals surface area contributed by atoms with Crippen molar-refractivity contribution < 1.29 is 39.2 Å². The van der Waals surface area contributed by atoms with Crippen molar-refractivity contribution in [1.29, 1.82) is 0 Å². The fraction of sp³-hybridized carbons (Fsp3) is 0.848. The fourth-order valence-electron chi connectivity index (χ4n) is 11.4. The molecular formula is C33H50O8. The first-order valence-corrected chi connectivity index (χ1v) is 15.5. The first-order valence-electron chi connectivity index (χ1n) is 15.5. The molecule has 3 N–H and O–H groups in total. The average molecular weight is 575 g/mol. The zero-order valence-electron chi connectivity index (χ0n) is 25.9. The molecule has 8 heteroatoms. The highest BCUT2D eigenvalue weighted by Gasteiger charge is 2.71. The molecule has 8 nitrogen and oxygen atoms in total. The number of rotatable bonds is 4. The van der Waals surface area contributed by atoms with Gasteiger partial charge >= 0.3 is 17.9 Å². The average Bonchev–Trinajstić information content (AvgIpc) is 2.90. The third-order valence-electron chi connectivity index (χ3n) is 13.9. The molecule has 0 radical (unpaired) electrons. The van der Waals surface area contributed by atoms with E-state index in [4.69, 9.17) is 9.47 Å². The molecule has 0 heterocycles. The third-order valence-corrected chi connectivity index (χ3v) is 13.9. The number of carboxylic acid groups (broad SMARTS) is 1. The molecule has 0 bridgehead atoms. The summed E-state index contributed by atoms with van der Waals surface area (Å²) in [5.74, 6) is -1.48. The van der Waals surface area contributed by atoms with E-state index in [0.29, 0.717) is 32.1 Å². The van der Waals surface area contributed by atoms with Crippen LogP contribution in [0.15, 0.2) is 11.6 Å². The number of carbonyl (C=O) groups excluding carboxylic acids is 2. The molecule has 11 atom stereocenters. The lowest BCUT2D eigenvalue weighted by Gasteiger charge is -2.71. The number of aliphatic carboxylic acids is 1. The van der Waals surface area contributed by atoms with E-state index < -0.39 is 40.4 Å². The van der Waals surface area contributed by atoms with Crippen LogP contribution in [0.4, 0.5) is 0 Å². The number of aliphatic hydroxyl groups is 2. The molecule has 0 aromatic rings. The molecule has 0 aromatic carbocycles. The van der Waals surface area contributed by atoms with Crippen molar-refractivity contribution in [1.82, 2.24) is 0 Å². The zero-order chi connectivity index (χ0) is 30.4. The molecule has 5 aliphatic carbocycles. The highest BCUT2D eigenvalue weighted by atomic mass is 16.6. The van der Waals surface area contributed by atoms with Gasteiger partial charge in [0.25, 0.3) is 0 Å². The minimum absolute atomic E-state index is 0.0448. The molecule has 0 amide bonds. The monoisotopic (exact) mass is 574 g/mol. The molecule has 0 aliphatic heterocycles. The lowest BCUT2D eigenvalue weighted by molar-refractivity contribution is -0.250. The van der Waals surface area contributed by atoms with Crippen LogP contribution in [-0.4, -0.2) is 59.2 Å². The number of hydrogen-bond acceptors (Lipinski definition) is 7. The fourth-order valence-corrected chi connectivity index (χ4v) is 11.4. The van der Waals surface area contributed by atoms with Gasteiger partial charge in [-0.3, -0.25) is 14.4 Å². The van der Waals surface area contributed by atoms with Crippen LogP contribution < -0.4 is 0 Å². The van der Waals surface area contributed by atoms with Crippen molar-refractivity contribution in [3.05, 3.63) is 11.6 Å². The van der Waals surface area contributed by atoms with Crippen molar-refractivity contribution in [3.63, 3.8) is 0 Å². The van der Waals surface area contributed by atoms with Crippen LogP contribution in [0.2, 0.25) is 0 Å². The number of hydrogen-bond donors (Lipinski definition) is 3. The van der Waals surface area contributed by atoms with E-state index in [2.05, 4.69) is 26.8 Å². The van der Waals surface area contributed by atoms with Crippen molar-refractivity contribution in [2.45, 2.75) is 112 Å². The van der Waals surface area contributed by atoms with Crippen LogP contribution >= 0.6 is 0 Å². The zero-order valence-corrected chi connectivity index (χ0v) is 25.9. The Hall–Kier alpha value is -1.93. The van der Waals surface area contributed by atoms with Gasteiger partial charge in [-0.15, -0.1) is 0 Å². The maximum Gasteiger partial charge on any atom is 0.311 e. The minimum atomic E-state index is -0.886. The molecule has 41 heavy (non-hydrogen) atoms. The Labute approximate surface area is 244 Å². The number of aliphatic hydroxyl groups excluding tert-OH is 2. The summed E-state index contributed by atoms with van der Waals surface area (Å²) >= 11 is 0. The van der Waals surface area contributed by atoms with Crippen LogP contribution in [0.5, 0.6) is 0 Å². The Kier molecular flexibility index (Phi) is 7.10. The van der Waals surface area contributed by atoms with Crippen molar-refractivity contribution in [3.8, 4) is 0 Å². The van der Waals surface area contributed by atoms with E-state index in [1.807, 2.05) is 13.8 Å². The number of ether oxygens (including phenoxy) is 2. The lowest BCUT2D eigenvalue weighted by atomic mass is 9.33. The quantitative estimate of drug-likeness (QED) is 0.319. The Bertz CT molecular complexity index is 1160. The second kappa shape index (κ2) is 9.54. The largest absolute Gasteiger partial charge is 0.481 e. The summed E-state index contributed by atoms with van der Waals surface area (Å²) in [5, 5.41) is 32.8. The number of carboxylic acids is 1. The molecule has 0 unspecified atom stereocenters. The Morgan fingerprint density at radius 1 is 0.976 bits per heavy atom. The molecule has 5 aliphatic rings. The van der Waals surface area contributed by atoms with Gasteiger partial charge in [0.1, 0.15) is 6.10 Å². The van der Waals surface area contributed by atoms with Crippen LogP contribution in [0.3, 0.4) is 0 Å². The van der Waals surface area contributed by atoms with Crippen LogP contribution in [-0.2, 0) is 23.9 Å². The topological polar surface area (TPSA) is 130 Å². The Morgan fingerprint density at radius 2 is 1.63 bits per heavy atom. The molecule has 5 rings (SSSR count). The number of allylic oxidation sites excluding steroid dienone is 2. The number of fused-ring (bicyclic) bond motifs is 7. The lowest BCUT2D eigenvalue weighted by Crippen LogP contribution is -2.68. The van der Waals surface area contributed by atoms with E-state index in [-0.39, 0.29) is 46.6 Å². The molecule has 4 fully saturated rings. The summed E-state index contributed by atoms with van der Waals surface area (Å²) in [5.41, 5.74) is -1.94. The Morgan fingerprint density at radius 3 is 2.22 bits per heavy atom. The summed E-state index contributed by atoms with van der Waals surface area (Å²) < 4.78 is 10.9. The predicted octanol–water partition coefficient (Wildman–Crippen LogP) is 4.90. The SMILES string of the molecule is COC(=O)[C@@]1(C)CC[C@]2(C(=O)O)CC[C@]3(C)C(=CC[C@@H]4[C@@]5(C)C[C@H](O)[C@H](OC(C)=O)[C@@](C)(CO)[C@@H]5CC[C@]43C)[C@@H]2C1. The van der Waals surface area contributed by atoms with Gasteiger partial charge in [0.05, 0.1) is 30.7 Å². The second-order valence-corrected chi connectivity index (χ2v) is 15.5. The van der Waals surface area contributed by atoms with Gasteiger partial charge in [0, 0.05) is 12.3 Å². The van der Waals surface area contributed by atoms with E-state index in [1.54, 1.807) is 0 Å². The molecule has 0 spiro atoms. The third kappa shape index (κ3) is 3.87. The maximum atomic E-state index is 13.0. The molecule has 0 aromatic heterocycles. The molecule has 230 valence electrons. The van der Waals surface area contributed by atoms with Gasteiger partial charge in [-0.2, -0.15) is 0 Å². The van der Waals surface area contributed by atoms with E-state index in [0.717, 1.165) is 25.7 Å². The summed E-state index contributed by atoms with van der Waals surface area (Å²) in [6.07, 6.45) is 6.38. The normalized spacial score (nSPS) is 50.7. The van der Waals surface area contributed by atoms with Gasteiger partial charge in [-0.05, 0) is 98.7 Å². The number of carbonyl (C=O) groups is 3. The Balaban J connectivity index is 1.59. The van der Waals surface area contributed by atoms with Gasteiger partial charge in [-0.1, -0.05) is 39.3 Å².